The summed E-state index contributed by atoms with van der Waals surface area (Å²) >= 11 is 0. The number of nitrogens with zero attached hydrogens (tertiary/aromatic N) is 1. The monoisotopic (exact) mass is 171 g/mol. The fourth-order valence-electron chi connectivity index (χ4n) is 1.57. The van der Waals surface area contributed by atoms with Gasteiger partial charge in [-0.1, -0.05) is 0 Å². The van der Waals surface area contributed by atoms with Crippen LogP contribution in [0.1, 0.15) is 19.3 Å². The van der Waals surface area contributed by atoms with Crippen LogP contribution in [-0.4, -0.2) is 36.8 Å². The molecule has 2 rings (SSSR count). The van der Waals surface area contributed by atoms with Crippen molar-refractivity contribution in [2.24, 2.45) is 0 Å². The Balaban J connectivity index is 1.81. The van der Waals surface area contributed by atoms with Crippen LogP contribution >= 0.6 is 0 Å². The molecule has 0 aromatic rings. The van der Waals surface area contributed by atoms with E-state index in [1.54, 1.807) is 0 Å². The second-order valence-corrected chi connectivity index (χ2v) is 3.17. The van der Waals surface area contributed by atoms with Crippen molar-refractivity contribution in [3.63, 3.8) is 0 Å². The zero-order valence-corrected chi connectivity index (χ0v) is 6.99. The summed E-state index contributed by atoms with van der Waals surface area (Å²) in [6, 6.07) is 0. The third-order valence-electron chi connectivity index (χ3n) is 2.23. The first kappa shape index (κ1) is 8.01. The zero-order chi connectivity index (χ0) is 8.39. The molecule has 4 nitrogen and oxygen atoms in total. The van der Waals surface area contributed by atoms with Gasteiger partial charge in [0.25, 0.3) is 0 Å². The Hall–Kier alpha value is -0.610. The Labute approximate surface area is 71.4 Å². The molecule has 1 amide bonds. The van der Waals surface area contributed by atoms with Crippen LogP contribution < -0.4 is 0 Å². The van der Waals surface area contributed by atoms with E-state index in [-0.39, 0.29) is 12.0 Å². The van der Waals surface area contributed by atoms with Crippen molar-refractivity contribution in [3.05, 3.63) is 0 Å². The third kappa shape index (κ3) is 1.59. The molecule has 4 heteroatoms. The van der Waals surface area contributed by atoms with Gasteiger partial charge in [-0.3, -0.25) is 9.63 Å². The smallest absolute Gasteiger partial charge is 0.248 e. The first-order valence-electron chi connectivity index (χ1n) is 4.41. The summed E-state index contributed by atoms with van der Waals surface area (Å²) in [7, 11) is 0. The van der Waals surface area contributed by atoms with Crippen molar-refractivity contribution >= 4 is 5.91 Å². The molecule has 2 aliphatic heterocycles. The van der Waals surface area contributed by atoms with E-state index in [0.717, 1.165) is 19.4 Å². The molecule has 0 aromatic heterocycles. The summed E-state index contributed by atoms with van der Waals surface area (Å²) < 4.78 is 5.39. The lowest BCUT2D eigenvalue weighted by Crippen LogP contribution is -2.31. The van der Waals surface area contributed by atoms with Crippen molar-refractivity contribution in [2.75, 3.05) is 19.8 Å². The van der Waals surface area contributed by atoms with E-state index in [1.807, 2.05) is 0 Å². The minimum Gasteiger partial charge on any atom is -0.376 e. The molecule has 2 aliphatic rings. The molecule has 68 valence electrons. The van der Waals surface area contributed by atoms with E-state index < -0.39 is 0 Å². The molecule has 0 aliphatic carbocycles. The van der Waals surface area contributed by atoms with E-state index in [2.05, 4.69) is 0 Å². The first-order chi connectivity index (χ1) is 5.86. The average molecular weight is 171 g/mol. The van der Waals surface area contributed by atoms with Crippen LogP contribution in [0.5, 0.6) is 0 Å². The Kier molecular flexibility index (Phi) is 2.28. The minimum absolute atomic E-state index is 0.0884. The standard InChI is InChI=1S/C8H13NO3/c10-8-3-5-12-9(8)6-7-2-1-4-11-7/h7H,1-6H2. The number of carbonyl (C=O) groups is 1. The van der Waals surface area contributed by atoms with E-state index in [1.165, 1.54) is 5.06 Å². The second kappa shape index (κ2) is 3.41. The number of amides is 1. The van der Waals surface area contributed by atoms with Gasteiger partial charge in [-0.15, -0.1) is 0 Å². The Morgan fingerprint density at radius 2 is 2.42 bits per heavy atom. The zero-order valence-electron chi connectivity index (χ0n) is 6.99. The van der Waals surface area contributed by atoms with Gasteiger partial charge >= 0.3 is 0 Å². The molecular formula is C8H13NO3. The topological polar surface area (TPSA) is 38.8 Å². The fraction of sp³-hybridized carbons (Fsp3) is 0.875. The molecule has 2 fully saturated rings. The van der Waals surface area contributed by atoms with Gasteiger partial charge in [0.2, 0.25) is 5.91 Å². The molecule has 2 saturated heterocycles. The van der Waals surface area contributed by atoms with E-state index >= 15 is 0 Å². The highest BCUT2D eigenvalue weighted by molar-refractivity contribution is 5.76. The number of hydrogen-bond donors (Lipinski definition) is 0. The summed E-state index contributed by atoms with van der Waals surface area (Å²) in [4.78, 5) is 16.2. The summed E-state index contributed by atoms with van der Waals surface area (Å²) in [5.74, 6) is 0.0884. The lowest BCUT2D eigenvalue weighted by molar-refractivity contribution is -0.168. The number of hydrogen-bond acceptors (Lipinski definition) is 3. The van der Waals surface area contributed by atoms with E-state index in [9.17, 15) is 4.79 Å². The van der Waals surface area contributed by atoms with Crippen molar-refractivity contribution in [1.82, 2.24) is 5.06 Å². The molecule has 0 saturated carbocycles. The maximum atomic E-state index is 11.1. The first-order valence-corrected chi connectivity index (χ1v) is 4.41. The van der Waals surface area contributed by atoms with Gasteiger partial charge in [0, 0.05) is 6.61 Å². The quantitative estimate of drug-likeness (QED) is 0.601. The van der Waals surface area contributed by atoms with Crippen molar-refractivity contribution < 1.29 is 14.4 Å². The molecule has 1 atom stereocenters. The molecule has 12 heavy (non-hydrogen) atoms. The molecule has 0 N–H and O–H groups in total. The van der Waals surface area contributed by atoms with E-state index in [0.29, 0.717) is 19.6 Å². The van der Waals surface area contributed by atoms with Crippen LogP contribution in [0, 0.1) is 0 Å². The number of carbonyl (C=O) groups excluding carboxylic acids is 1. The molecule has 0 bridgehead atoms. The minimum atomic E-state index is 0.0884. The van der Waals surface area contributed by atoms with Crippen LogP contribution in [0.25, 0.3) is 0 Å². The SMILES string of the molecule is O=C1CCON1CC1CCCO1. The third-order valence-corrected chi connectivity index (χ3v) is 2.23. The Bertz CT molecular complexity index is 177. The highest BCUT2D eigenvalue weighted by Gasteiger charge is 2.26. The van der Waals surface area contributed by atoms with Crippen LogP contribution in [0.4, 0.5) is 0 Å². The van der Waals surface area contributed by atoms with Gasteiger partial charge in [-0.05, 0) is 12.8 Å². The van der Waals surface area contributed by atoms with Gasteiger partial charge < -0.3 is 4.74 Å². The molecule has 0 radical (unpaired) electrons. The lowest BCUT2D eigenvalue weighted by Gasteiger charge is -2.17. The molecule has 0 spiro atoms. The molecule has 2 heterocycles. The Morgan fingerprint density at radius 3 is 3.00 bits per heavy atom. The highest BCUT2D eigenvalue weighted by atomic mass is 16.7. The molecule has 1 unspecified atom stereocenters. The highest BCUT2D eigenvalue weighted by Crippen LogP contribution is 2.16. The summed E-state index contributed by atoms with van der Waals surface area (Å²) in [6.45, 7) is 1.97. The van der Waals surface area contributed by atoms with Gasteiger partial charge in [-0.25, -0.2) is 5.06 Å². The second-order valence-electron chi connectivity index (χ2n) is 3.17. The van der Waals surface area contributed by atoms with Gasteiger partial charge in [-0.2, -0.15) is 0 Å². The van der Waals surface area contributed by atoms with Crippen LogP contribution in [-0.2, 0) is 14.4 Å². The van der Waals surface area contributed by atoms with Crippen molar-refractivity contribution in [2.45, 2.75) is 25.4 Å². The van der Waals surface area contributed by atoms with Crippen LogP contribution in [0.15, 0.2) is 0 Å². The Morgan fingerprint density at radius 1 is 1.50 bits per heavy atom. The number of ether oxygens (including phenoxy) is 1. The van der Waals surface area contributed by atoms with Gasteiger partial charge in [0.15, 0.2) is 0 Å². The summed E-state index contributed by atoms with van der Waals surface area (Å²) in [5, 5.41) is 1.44. The number of hydroxylamine groups is 2. The fourth-order valence-corrected chi connectivity index (χ4v) is 1.57. The van der Waals surface area contributed by atoms with Crippen LogP contribution in [0.3, 0.4) is 0 Å². The normalized spacial score (nSPS) is 30.2. The lowest BCUT2D eigenvalue weighted by atomic mass is 10.2. The predicted molar refractivity (Wildman–Crippen MR) is 41.3 cm³/mol. The maximum absolute atomic E-state index is 11.1. The summed E-state index contributed by atoms with van der Waals surface area (Å²) in [6.07, 6.45) is 2.87. The van der Waals surface area contributed by atoms with Crippen molar-refractivity contribution in [3.8, 4) is 0 Å². The molecule has 0 aromatic carbocycles. The average Bonchev–Trinajstić information content (AvgIpc) is 2.65. The van der Waals surface area contributed by atoms with Crippen molar-refractivity contribution in [1.29, 1.82) is 0 Å². The predicted octanol–water partition coefficient (Wildman–Crippen LogP) is 0.329. The maximum Gasteiger partial charge on any atom is 0.248 e. The number of rotatable bonds is 2. The van der Waals surface area contributed by atoms with Crippen LogP contribution in [0.2, 0.25) is 0 Å². The summed E-state index contributed by atoms with van der Waals surface area (Å²) in [5.41, 5.74) is 0. The van der Waals surface area contributed by atoms with Gasteiger partial charge in [0.05, 0.1) is 25.7 Å². The van der Waals surface area contributed by atoms with Gasteiger partial charge in [0.1, 0.15) is 0 Å². The largest absolute Gasteiger partial charge is 0.376 e. The van der Waals surface area contributed by atoms with E-state index in [4.69, 9.17) is 9.57 Å². The molecular weight excluding hydrogens is 158 g/mol.